The van der Waals surface area contributed by atoms with Crippen molar-refractivity contribution in [2.75, 3.05) is 13.7 Å². The number of nitrogens with one attached hydrogen (secondary N) is 1. The molecule has 6 heteroatoms. The summed E-state index contributed by atoms with van der Waals surface area (Å²) in [7, 11) is 1.38. The van der Waals surface area contributed by atoms with Gasteiger partial charge in [0.25, 0.3) is 0 Å². The Kier molecular flexibility index (Phi) is 6.78. The van der Waals surface area contributed by atoms with Gasteiger partial charge in [0.2, 0.25) is 5.91 Å². The molecule has 0 bridgehead atoms. The Hall–Kier alpha value is -3.15. The van der Waals surface area contributed by atoms with Gasteiger partial charge in [-0.2, -0.15) is 0 Å². The Morgan fingerprint density at radius 3 is 2.57 bits per heavy atom. The lowest BCUT2D eigenvalue weighted by Crippen LogP contribution is -2.25. The van der Waals surface area contributed by atoms with Gasteiger partial charge in [-0.15, -0.1) is 0 Å². The molecule has 0 fully saturated rings. The first-order valence-electron chi connectivity index (χ1n) is 9.49. The summed E-state index contributed by atoms with van der Waals surface area (Å²) in [4.78, 5) is 28.4. The Morgan fingerprint density at radius 2 is 1.79 bits per heavy atom. The molecule has 0 aliphatic carbocycles. The number of fused-ring (bicyclic) bond motifs is 1. The summed E-state index contributed by atoms with van der Waals surface area (Å²) in [6, 6.07) is 17.7. The number of ether oxygens (including phenoxy) is 1. The molecule has 1 heterocycles. The van der Waals surface area contributed by atoms with Crippen LogP contribution in [0.1, 0.15) is 24.2 Å². The summed E-state index contributed by atoms with van der Waals surface area (Å²) < 4.78 is 6.69. The third-order valence-corrected chi connectivity index (χ3v) is 4.63. The van der Waals surface area contributed by atoms with Crippen molar-refractivity contribution < 1.29 is 14.3 Å². The lowest BCUT2D eigenvalue weighted by atomic mass is 10.1. The van der Waals surface area contributed by atoms with Gasteiger partial charge in [-0.25, -0.2) is 4.98 Å². The molecule has 2 aromatic carbocycles. The van der Waals surface area contributed by atoms with Crippen LogP contribution in [0.5, 0.6) is 0 Å². The van der Waals surface area contributed by atoms with E-state index in [0.29, 0.717) is 19.4 Å². The number of hydrogen-bond acceptors (Lipinski definition) is 4. The Balaban J connectivity index is 1.51. The molecule has 0 spiro atoms. The molecule has 0 unspecified atom stereocenters. The van der Waals surface area contributed by atoms with E-state index < -0.39 is 0 Å². The molecule has 0 saturated carbocycles. The number of para-hydroxylation sites is 2. The van der Waals surface area contributed by atoms with Crippen LogP contribution in [0, 0.1) is 0 Å². The number of hydrogen-bond donors (Lipinski definition) is 1. The monoisotopic (exact) mass is 379 g/mol. The maximum Gasteiger partial charge on any atom is 0.325 e. The largest absolute Gasteiger partial charge is 0.468 e. The van der Waals surface area contributed by atoms with Crippen LogP contribution in [-0.2, 0) is 33.7 Å². The molecule has 1 N–H and O–H groups in total. The summed E-state index contributed by atoms with van der Waals surface area (Å²) in [6.07, 6.45) is 2.64. The fraction of sp³-hybridized carbons (Fsp3) is 0.318. The number of esters is 1. The first kappa shape index (κ1) is 19.6. The van der Waals surface area contributed by atoms with Crippen molar-refractivity contribution in [2.24, 2.45) is 0 Å². The van der Waals surface area contributed by atoms with Crippen LogP contribution >= 0.6 is 0 Å². The van der Waals surface area contributed by atoms with Crippen LogP contribution < -0.4 is 5.32 Å². The molecule has 3 rings (SSSR count). The third kappa shape index (κ3) is 5.19. The van der Waals surface area contributed by atoms with Crippen molar-refractivity contribution in [1.82, 2.24) is 14.9 Å². The Labute approximate surface area is 164 Å². The molecule has 146 valence electrons. The SMILES string of the molecule is COC(=O)Cn1c(CCCNC(=O)CCc2ccccc2)nc2ccccc21. The van der Waals surface area contributed by atoms with E-state index in [-0.39, 0.29) is 18.4 Å². The molecular formula is C22H25N3O3. The number of nitrogens with zero attached hydrogens (tertiary/aromatic N) is 2. The van der Waals surface area contributed by atoms with Gasteiger partial charge >= 0.3 is 5.97 Å². The van der Waals surface area contributed by atoms with Crippen molar-refractivity contribution in [3.63, 3.8) is 0 Å². The predicted molar refractivity (Wildman–Crippen MR) is 108 cm³/mol. The number of carbonyl (C=O) groups is 2. The van der Waals surface area contributed by atoms with Crippen LogP contribution in [0.15, 0.2) is 54.6 Å². The fourth-order valence-electron chi connectivity index (χ4n) is 3.15. The van der Waals surface area contributed by atoms with Gasteiger partial charge < -0.3 is 14.6 Å². The van der Waals surface area contributed by atoms with E-state index in [1.807, 2.05) is 59.2 Å². The molecule has 0 radical (unpaired) electrons. The van der Waals surface area contributed by atoms with Crippen LogP contribution in [0.4, 0.5) is 0 Å². The van der Waals surface area contributed by atoms with Crippen molar-refractivity contribution >= 4 is 22.9 Å². The molecule has 3 aromatic rings. The van der Waals surface area contributed by atoms with Gasteiger partial charge in [0.05, 0.1) is 18.1 Å². The minimum Gasteiger partial charge on any atom is -0.468 e. The highest BCUT2D eigenvalue weighted by Gasteiger charge is 2.13. The van der Waals surface area contributed by atoms with Crippen molar-refractivity contribution in [3.05, 3.63) is 66.0 Å². The second-order valence-corrected chi connectivity index (χ2v) is 6.62. The van der Waals surface area contributed by atoms with Crippen molar-refractivity contribution in [1.29, 1.82) is 0 Å². The molecule has 28 heavy (non-hydrogen) atoms. The number of aryl methyl sites for hydroxylation is 2. The maximum absolute atomic E-state index is 12.0. The molecule has 0 saturated heterocycles. The highest BCUT2D eigenvalue weighted by Crippen LogP contribution is 2.17. The van der Waals surface area contributed by atoms with Crippen LogP contribution in [0.3, 0.4) is 0 Å². The van der Waals surface area contributed by atoms with E-state index in [1.54, 1.807) is 0 Å². The zero-order chi connectivity index (χ0) is 19.8. The van der Waals surface area contributed by atoms with Crippen LogP contribution in [-0.4, -0.2) is 35.1 Å². The fourth-order valence-corrected chi connectivity index (χ4v) is 3.15. The first-order valence-corrected chi connectivity index (χ1v) is 9.49. The molecule has 1 aromatic heterocycles. The lowest BCUT2D eigenvalue weighted by molar-refractivity contribution is -0.141. The quantitative estimate of drug-likeness (QED) is 0.458. The maximum atomic E-state index is 12.0. The van der Waals surface area contributed by atoms with E-state index >= 15 is 0 Å². The number of benzene rings is 2. The van der Waals surface area contributed by atoms with Gasteiger partial charge in [0, 0.05) is 19.4 Å². The molecule has 0 aliphatic heterocycles. The van der Waals surface area contributed by atoms with Gasteiger partial charge in [-0.05, 0) is 30.5 Å². The number of methoxy groups -OCH3 is 1. The summed E-state index contributed by atoms with van der Waals surface area (Å²) in [5.41, 5.74) is 2.93. The van der Waals surface area contributed by atoms with Gasteiger partial charge in [-0.3, -0.25) is 9.59 Å². The minimum atomic E-state index is -0.307. The molecule has 0 aliphatic rings. The number of aromatic nitrogens is 2. The Bertz CT molecular complexity index is 935. The average Bonchev–Trinajstić information content (AvgIpc) is 3.07. The van der Waals surface area contributed by atoms with E-state index in [9.17, 15) is 9.59 Å². The smallest absolute Gasteiger partial charge is 0.325 e. The van der Waals surface area contributed by atoms with E-state index in [0.717, 1.165) is 35.3 Å². The molecule has 6 nitrogen and oxygen atoms in total. The molecule has 1 amide bonds. The van der Waals surface area contributed by atoms with E-state index in [1.165, 1.54) is 7.11 Å². The lowest BCUT2D eigenvalue weighted by Gasteiger charge is -2.09. The molecular weight excluding hydrogens is 354 g/mol. The van der Waals surface area contributed by atoms with Crippen molar-refractivity contribution in [3.8, 4) is 0 Å². The Morgan fingerprint density at radius 1 is 1.04 bits per heavy atom. The highest BCUT2D eigenvalue weighted by atomic mass is 16.5. The van der Waals surface area contributed by atoms with Gasteiger partial charge in [0.1, 0.15) is 12.4 Å². The normalized spacial score (nSPS) is 10.8. The summed E-state index contributed by atoms with van der Waals surface area (Å²) in [6.45, 7) is 0.713. The van der Waals surface area contributed by atoms with E-state index in [2.05, 4.69) is 10.3 Å². The molecule has 0 atom stereocenters. The third-order valence-electron chi connectivity index (χ3n) is 4.63. The topological polar surface area (TPSA) is 73.2 Å². The second kappa shape index (κ2) is 9.69. The zero-order valence-electron chi connectivity index (χ0n) is 16.1. The highest BCUT2D eigenvalue weighted by molar-refractivity contribution is 5.79. The summed E-state index contributed by atoms with van der Waals surface area (Å²) in [5, 5.41) is 2.96. The minimum absolute atomic E-state index is 0.0481. The number of amides is 1. The average molecular weight is 379 g/mol. The van der Waals surface area contributed by atoms with Gasteiger partial charge in [-0.1, -0.05) is 42.5 Å². The zero-order valence-corrected chi connectivity index (χ0v) is 16.1. The number of rotatable bonds is 9. The second-order valence-electron chi connectivity index (χ2n) is 6.62. The summed E-state index contributed by atoms with van der Waals surface area (Å²) in [5.74, 6) is 0.565. The standard InChI is InChI=1S/C22H25N3O3/c1-28-22(27)16-25-19-11-6-5-10-18(19)24-20(25)12-7-15-23-21(26)14-13-17-8-3-2-4-9-17/h2-6,8-11H,7,12-16H2,1H3,(H,23,26). The van der Waals surface area contributed by atoms with E-state index in [4.69, 9.17) is 4.74 Å². The van der Waals surface area contributed by atoms with Crippen molar-refractivity contribution in [2.45, 2.75) is 32.2 Å². The first-order chi connectivity index (χ1) is 13.7. The van der Waals surface area contributed by atoms with Gasteiger partial charge in [0.15, 0.2) is 0 Å². The predicted octanol–water partition coefficient (Wildman–Crippen LogP) is 2.89. The van der Waals surface area contributed by atoms with Crippen LogP contribution in [0.2, 0.25) is 0 Å². The van der Waals surface area contributed by atoms with Crippen LogP contribution in [0.25, 0.3) is 11.0 Å². The summed E-state index contributed by atoms with van der Waals surface area (Å²) >= 11 is 0. The number of carbonyl (C=O) groups excluding carboxylic acids is 2. The number of imidazole rings is 1.